The lowest BCUT2D eigenvalue weighted by Gasteiger charge is -2.36. The molecule has 0 atom stereocenters. The third-order valence-electron chi connectivity index (χ3n) is 5.06. The van der Waals surface area contributed by atoms with E-state index in [1.165, 1.54) is 18.6 Å². The van der Waals surface area contributed by atoms with E-state index in [2.05, 4.69) is 0 Å². The molecule has 1 fully saturated rings. The molecule has 0 spiro atoms. The molecule has 1 N–H and O–H groups in total. The Kier molecular flexibility index (Phi) is 7.85. The average molecular weight is 350 g/mol. The molecule has 1 aliphatic rings. The van der Waals surface area contributed by atoms with Crippen LogP contribution in [0.25, 0.3) is 0 Å². The molecule has 0 aliphatic heterocycles. The molecule has 1 aromatic rings. The number of carbonyl (C=O) groups is 1. The molecule has 25 heavy (non-hydrogen) atoms. The Bertz CT molecular complexity index is 527. The Morgan fingerprint density at radius 3 is 2.40 bits per heavy atom. The van der Waals surface area contributed by atoms with Crippen LogP contribution in [0.4, 0.5) is 4.39 Å². The summed E-state index contributed by atoms with van der Waals surface area (Å²) in [5, 5.41) is 9.24. The predicted octanol–water partition coefficient (Wildman–Crippen LogP) is 3.19. The molecule has 0 unspecified atom stereocenters. The number of nitrogens with zero attached hydrogens (tertiary/aromatic N) is 2. The van der Waals surface area contributed by atoms with E-state index in [0.717, 1.165) is 31.2 Å². The fourth-order valence-electron chi connectivity index (χ4n) is 3.51. The smallest absolute Gasteiger partial charge is 0.237 e. The molecular formula is C20H31FN2O2. The summed E-state index contributed by atoms with van der Waals surface area (Å²) in [6.45, 7) is 5.46. The molecule has 0 aromatic heterocycles. The van der Waals surface area contributed by atoms with Gasteiger partial charge in [0.1, 0.15) is 5.82 Å². The van der Waals surface area contributed by atoms with Crippen LogP contribution < -0.4 is 0 Å². The minimum atomic E-state index is -0.256. The molecular weight excluding hydrogens is 319 g/mol. The first-order chi connectivity index (χ1) is 12.0. The number of halogens is 1. The second-order valence-corrected chi connectivity index (χ2v) is 7.23. The van der Waals surface area contributed by atoms with Gasteiger partial charge in [0.05, 0.1) is 13.2 Å². The summed E-state index contributed by atoms with van der Waals surface area (Å²) in [6.07, 6.45) is 5.62. The summed E-state index contributed by atoms with van der Waals surface area (Å²) in [4.78, 5) is 17.0. The van der Waals surface area contributed by atoms with Gasteiger partial charge in [-0.05, 0) is 44.4 Å². The summed E-state index contributed by atoms with van der Waals surface area (Å²) in [5.41, 5.74) is 0.957. The van der Waals surface area contributed by atoms with Crippen LogP contribution in [0.2, 0.25) is 0 Å². The van der Waals surface area contributed by atoms with Crippen LogP contribution in [0.3, 0.4) is 0 Å². The molecule has 0 heterocycles. The fourth-order valence-corrected chi connectivity index (χ4v) is 3.51. The van der Waals surface area contributed by atoms with Gasteiger partial charge in [0.2, 0.25) is 5.91 Å². The number of hydrogen-bond acceptors (Lipinski definition) is 3. The Hall–Kier alpha value is -1.46. The van der Waals surface area contributed by atoms with Crippen molar-refractivity contribution in [1.29, 1.82) is 0 Å². The summed E-state index contributed by atoms with van der Waals surface area (Å²) >= 11 is 0. The van der Waals surface area contributed by atoms with Crippen LogP contribution >= 0.6 is 0 Å². The van der Waals surface area contributed by atoms with Crippen molar-refractivity contribution in [3.05, 3.63) is 35.6 Å². The number of amides is 1. The maximum absolute atomic E-state index is 13.2. The van der Waals surface area contributed by atoms with Gasteiger partial charge in [-0.15, -0.1) is 0 Å². The highest BCUT2D eigenvalue weighted by Crippen LogP contribution is 2.24. The zero-order valence-electron chi connectivity index (χ0n) is 15.5. The van der Waals surface area contributed by atoms with Crippen LogP contribution in [0.1, 0.15) is 51.5 Å². The number of aliphatic hydroxyl groups is 1. The minimum Gasteiger partial charge on any atom is -0.395 e. The van der Waals surface area contributed by atoms with E-state index >= 15 is 0 Å². The van der Waals surface area contributed by atoms with Crippen LogP contribution in [0.15, 0.2) is 24.3 Å². The lowest BCUT2D eigenvalue weighted by atomic mass is 9.93. The van der Waals surface area contributed by atoms with Gasteiger partial charge in [-0.3, -0.25) is 9.69 Å². The van der Waals surface area contributed by atoms with Crippen molar-refractivity contribution in [2.45, 2.75) is 64.6 Å². The first-order valence-electron chi connectivity index (χ1n) is 9.40. The van der Waals surface area contributed by atoms with Gasteiger partial charge in [0, 0.05) is 25.2 Å². The molecule has 0 radical (unpaired) electrons. The molecule has 1 saturated carbocycles. The van der Waals surface area contributed by atoms with Crippen molar-refractivity contribution in [2.75, 3.05) is 19.7 Å². The lowest BCUT2D eigenvalue weighted by Crippen LogP contribution is -2.48. The largest absolute Gasteiger partial charge is 0.395 e. The highest BCUT2D eigenvalue weighted by molar-refractivity contribution is 5.78. The third kappa shape index (κ3) is 6.08. The highest BCUT2D eigenvalue weighted by atomic mass is 19.1. The van der Waals surface area contributed by atoms with Crippen LogP contribution in [0, 0.1) is 5.82 Å². The zero-order chi connectivity index (χ0) is 18.2. The van der Waals surface area contributed by atoms with Gasteiger partial charge in [0.25, 0.3) is 0 Å². The zero-order valence-corrected chi connectivity index (χ0v) is 15.5. The van der Waals surface area contributed by atoms with E-state index in [9.17, 15) is 14.3 Å². The summed E-state index contributed by atoms with van der Waals surface area (Å²) in [6, 6.07) is 6.87. The monoisotopic (exact) mass is 350 g/mol. The standard InChI is InChI=1S/C20H31FN2O2/c1-16(2)22(12-13-24)15-20(25)23(19-6-4-3-5-7-19)14-17-8-10-18(21)11-9-17/h8-11,16,19,24H,3-7,12-15H2,1-2H3. The second kappa shape index (κ2) is 9.88. The Morgan fingerprint density at radius 2 is 1.84 bits per heavy atom. The van der Waals surface area contributed by atoms with Gasteiger partial charge in [0.15, 0.2) is 0 Å². The Labute approximate surface area is 150 Å². The van der Waals surface area contributed by atoms with Crippen LogP contribution in [-0.4, -0.2) is 52.6 Å². The van der Waals surface area contributed by atoms with Crippen molar-refractivity contribution in [2.24, 2.45) is 0 Å². The maximum Gasteiger partial charge on any atom is 0.237 e. The summed E-state index contributed by atoms with van der Waals surface area (Å²) < 4.78 is 13.2. The molecule has 0 bridgehead atoms. The van der Waals surface area contributed by atoms with Gasteiger partial charge < -0.3 is 10.0 Å². The first-order valence-corrected chi connectivity index (χ1v) is 9.40. The Morgan fingerprint density at radius 1 is 1.20 bits per heavy atom. The number of benzene rings is 1. The van der Waals surface area contributed by atoms with Crippen molar-refractivity contribution >= 4 is 5.91 Å². The molecule has 4 nitrogen and oxygen atoms in total. The molecule has 5 heteroatoms. The molecule has 140 valence electrons. The van der Waals surface area contributed by atoms with Gasteiger partial charge in [-0.2, -0.15) is 0 Å². The van der Waals surface area contributed by atoms with Crippen molar-refractivity contribution in [3.8, 4) is 0 Å². The first kappa shape index (κ1) is 19.9. The number of carbonyl (C=O) groups excluding carboxylic acids is 1. The molecule has 1 aliphatic carbocycles. The number of rotatable bonds is 8. The van der Waals surface area contributed by atoms with Crippen molar-refractivity contribution < 1.29 is 14.3 Å². The highest BCUT2D eigenvalue weighted by Gasteiger charge is 2.27. The van der Waals surface area contributed by atoms with Crippen molar-refractivity contribution in [1.82, 2.24) is 9.80 Å². The maximum atomic E-state index is 13.2. The minimum absolute atomic E-state index is 0.0485. The lowest BCUT2D eigenvalue weighted by molar-refractivity contribution is -0.136. The molecule has 1 amide bonds. The van der Waals surface area contributed by atoms with Gasteiger partial charge in [-0.1, -0.05) is 31.4 Å². The molecule has 2 rings (SSSR count). The van der Waals surface area contributed by atoms with E-state index in [0.29, 0.717) is 19.6 Å². The van der Waals surface area contributed by atoms with Gasteiger partial charge in [-0.25, -0.2) is 4.39 Å². The van der Waals surface area contributed by atoms with E-state index in [4.69, 9.17) is 0 Å². The molecule has 1 aromatic carbocycles. The quantitative estimate of drug-likeness (QED) is 0.783. The van der Waals surface area contributed by atoms with E-state index in [1.807, 2.05) is 23.6 Å². The fraction of sp³-hybridized carbons (Fsp3) is 0.650. The van der Waals surface area contributed by atoms with Gasteiger partial charge >= 0.3 is 0 Å². The topological polar surface area (TPSA) is 43.8 Å². The van der Waals surface area contributed by atoms with E-state index < -0.39 is 0 Å². The Balaban J connectivity index is 2.11. The summed E-state index contributed by atoms with van der Waals surface area (Å²) in [5.74, 6) is -0.161. The number of aliphatic hydroxyl groups excluding tert-OH is 1. The van der Waals surface area contributed by atoms with Crippen LogP contribution in [-0.2, 0) is 11.3 Å². The van der Waals surface area contributed by atoms with Crippen LogP contribution in [0.5, 0.6) is 0 Å². The second-order valence-electron chi connectivity index (χ2n) is 7.23. The van der Waals surface area contributed by atoms with E-state index in [-0.39, 0.29) is 30.4 Å². The average Bonchev–Trinajstić information content (AvgIpc) is 2.61. The van der Waals surface area contributed by atoms with Crippen molar-refractivity contribution in [3.63, 3.8) is 0 Å². The third-order valence-corrected chi connectivity index (χ3v) is 5.06. The predicted molar refractivity (Wildman–Crippen MR) is 97.6 cm³/mol. The normalized spacial score (nSPS) is 15.8. The SMILES string of the molecule is CC(C)N(CCO)CC(=O)N(Cc1ccc(F)cc1)C1CCCCC1. The molecule has 0 saturated heterocycles. The summed E-state index contributed by atoms with van der Waals surface area (Å²) in [7, 11) is 0. The van der Waals surface area contributed by atoms with E-state index in [1.54, 1.807) is 12.1 Å². The number of hydrogen-bond donors (Lipinski definition) is 1.